The molecule has 4 aromatic rings. The average Bonchev–Trinajstić information content (AvgIpc) is 3.08. The summed E-state index contributed by atoms with van der Waals surface area (Å²) in [6.07, 6.45) is 4.93. The lowest BCUT2D eigenvalue weighted by molar-refractivity contribution is -0.271. The summed E-state index contributed by atoms with van der Waals surface area (Å²) in [5, 5.41) is 8.28. The van der Waals surface area contributed by atoms with Crippen LogP contribution in [0.3, 0.4) is 0 Å². The van der Waals surface area contributed by atoms with E-state index in [9.17, 15) is 9.59 Å². The summed E-state index contributed by atoms with van der Waals surface area (Å²) in [5.74, 6) is 0.168. The van der Waals surface area contributed by atoms with Crippen LogP contribution in [-0.4, -0.2) is 59.0 Å². The Morgan fingerprint density at radius 1 is 0.659 bits per heavy atom. The average molecular weight is 595 g/mol. The van der Waals surface area contributed by atoms with Gasteiger partial charge in [-0.1, -0.05) is 12.1 Å². The molecule has 0 saturated carbocycles. The van der Waals surface area contributed by atoms with Crippen LogP contribution in [0.1, 0.15) is 45.7 Å². The SMILES string of the molecule is C/C(=N/NC(=O)c1ccc(O[C@H]2OCCO[C@@H]2Oc2ccc(C(=O)N/N=C(/C)c3cccnc3)cc2)cc1)c1cccnc1. The number of nitrogens with zero attached hydrogens (tertiary/aromatic N) is 4. The molecule has 0 spiro atoms. The Morgan fingerprint density at radius 2 is 1.07 bits per heavy atom. The molecule has 0 radical (unpaired) electrons. The van der Waals surface area contributed by atoms with E-state index in [2.05, 4.69) is 31.0 Å². The fourth-order valence-electron chi connectivity index (χ4n) is 3.98. The smallest absolute Gasteiger partial charge is 0.271 e. The third kappa shape index (κ3) is 8.09. The third-order valence-corrected chi connectivity index (χ3v) is 6.42. The van der Waals surface area contributed by atoms with Crippen molar-refractivity contribution in [2.75, 3.05) is 13.2 Å². The highest BCUT2D eigenvalue weighted by molar-refractivity contribution is 6.01. The van der Waals surface area contributed by atoms with Crippen LogP contribution in [0.4, 0.5) is 0 Å². The summed E-state index contributed by atoms with van der Waals surface area (Å²) in [7, 11) is 0. The lowest BCUT2D eigenvalue weighted by Gasteiger charge is -2.31. The van der Waals surface area contributed by atoms with Gasteiger partial charge < -0.3 is 18.9 Å². The van der Waals surface area contributed by atoms with Crippen molar-refractivity contribution < 1.29 is 28.5 Å². The molecule has 0 aliphatic carbocycles. The van der Waals surface area contributed by atoms with Gasteiger partial charge in [-0.2, -0.15) is 10.2 Å². The van der Waals surface area contributed by atoms with Crippen molar-refractivity contribution in [1.29, 1.82) is 0 Å². The Kier molecular flexibility index (Phi) is 9.98. The molecule has 12 heteroatoms. The highest BCUT2D eigenvalue weighted by Gasteiger charge is 2.31. The Morgan fingerprint density at radius 3 is 1.43 bits per heavy atom. The van der Waals surface area contributed by atoms with Gasteiger partial charge in [0.2, 0.25) is 0 Å². The molecule has 2 amide bonds. The third-order valence-electron chi connectivity index (χ3n) is 6.42. The second-order valence-corrected chi connectivity index (χ2v) is 9.52. The first-order valence-corrected chi connectivity index (χ1v) is 13.7. The molecular formula is C32H30N6O6. The summed E-state index contributed by atoms with van der Waals surface area (Å²) in [6, 6.07) is 20.4. The molecule has 2 N–H and O–H groups in total. The minimum Gasteiger partial charge on any atom is -0.458 e. The Hall–Kier alpha value is -5.46. The van der Waals surface area contributed by atoms with Gasteiger partial charge in [-0.25, -0.2) is 10.9 Å². The second-order valence-electron chi connectivity index (χ2n) is 9.52. The first kappa shape index (κ1) is 30.0. The summed E-state index contributed by atoms with van der Waals surface area (Å²) in [6.45, 7) is 4.20. The summed E-state index contributed by atoms with van der Waals surface area (Å²) >= 11 is 0. The number of amides is 2. The maximum absolute atomic E-state index is 12.6. The van der Waals surface area contributed by atoms with E-state index in [1.54, 1.807) is 99.3 Å². The number of hydrogen-bond donors (Lipinski definition) is 2. The molecule has 1 saturated heterocycles. The Balaban J connectivity index is 1.14. The molecular weight excluding hydrogens is 564 g/mol. The summed E-state index contributed by atoms with van der Waals surface area (Å²) < 4.78 is 23.4. The number of nitrogens with one attached hydrogen (secondary N) is 2. The molecule has 2 atom stereocenters. The second kappa shape index (κ2) is 14.6. The first-order chi connectivity index (χ1) is 21.5. The zero-order chi connectivity index (χ0) is 30.7. The van der Waals surface area contributed by atoms with E-state index in [1.807, 2.05) is 12.1 Å². The molecule has 1 aliphatic rings. The van der Waals surface area contributed by atoms with Crippen molar-refractivity contribution in [2.24, 2.45) is 10.2 Å². The van der Waals surface area contributed by atoms with E-state index >= 15 is 0 Å². The number of hydrogen-bond acceptors (Lipinski definition) is 10. The van der Waals surface area contributed by atoms with Crippen LogP contribution in [-0.2, 0) is 9.47 Å². The van der Waals surface area contributed by atoms with Crippen molar-refractivity contribution in [3.63, 3.8) is 0 Å². The fraction of sp³-hybridized carbons (Fsp3) is 0.188. The monoisotopic (exact) mass is 594 g/mol. The van der Waals surface area contributed by atoms with Gasteiger partial charge in [0.25, 0.3) is 24.4 Å². The van der Waals surface area contributed by atoms with Crippen LogP contribution in [0.2, 0.25) is 0 Å². The van der Waals surface area contributed by atoms with Crippen molar-refractivity contribution in [3.05, 3.63) is 120 Å². The number of rotatable bonds is 10. The van der Waals surface area contributed by atoms with Gasteiger partial charge in [-0.3, -0.25) is 19.6 Å². The minimum absolute atomic E-state index is 0.317. The van der Waals surface area contributed by atoms with Gasteiger partial charge in [-0.15, -0.1) is 0 Å². The number of aromatic nitrogens is 2. The molecule has 5 rings (SSSR count). The lowest BCUT2D eigenvalue weighted by atomic mass is 10.2. The van der Waals surface area contributed by atoms with Crippen molar-refractivity contribution in [2.45, 2.75) is 26.4 Å². The maximum Gasteiger partial charge on any atom is 0.271 e. The van der Waals surface area contributed by atoms with Crippen LogP contribution < -0.4 is 20.3 Å². The molecule has 44 heavy (non-hydrogen) atoms. The normalized spacial score (nSPS) is 17.0. The molecule has 224 valence electrons. The predicted molar refractivity (Wildman–Crippen MR) is 161 cm³/mol. The van der Waals surface area contributed by atoms with Crippen molar-refractivity contribution >= 4 is 23.2 Å². The van der Waals surface area contributed by atoms with Gasteiger partial charge in [-0.05, 0) is 74.5 Å². The van der Waals surface area contributed by atoms with E-state index in [-0.39, 0.29) is 11.8 Å². The standard InChI is InChI=1S/C32H30N6O6/c1-21(25-5-3-15-33-19-25)35-37-29(39)23-7-11-27(12-8-23)43-31-32(42-18-17-41-31)44-28-13-9-24(10-14-28)30(40)38-36-22(2)26-6-4-16-34-20-26/h3-16,19-20,31-32H,17-18H2,1-2H3,(H,37,39)(H,38,40)/b35-21-,36-22-/t31-,32-/m1/s1. The molecule has 1 aliphatic heterocycles. The van der Waals surface area contributed by atoms with Crippen molar-refractivity contribution in [3.8, 4) is 11.5 Å². The first-order valence-electron chi connectivity index (χ1n) is 13.7. The summed E-state index contributed by atoms with van der Waals surface area (Å²) in [5.41, 5.74) is 8.76. The van der Waals surface area contributed by atoms with Crippen LogP contribution in [0.15, 0.2) is 108 Å². The van der Waals surface area contributed by atoms with Gasteiger partial charge >= 0.3 is 0 Å². The molecule has 1 fully saturated rings. The van der Waals surface area contributed by atoms with Gasteiger partial charge in [0.15, 0.2) is 0 Å². The fourth-order valence-corrected chi connectivity index (χ4v) is 3.98. The molecule has 0 unspecified atom stereocenters. The highest BCUT2D eigenvalue weighted by Crippen LogP contribution is 2.22. The molecule has 0 bridgehead atoms. The van der Waals surface area contributed by atoms with Crippen LogP contribution in [0.25, 0.3) is 0 Å². The van der Waals surface area contributed by atoms with E-state index < -0.39 is 12.6 Å². The molecule has 2 aromatic carbocycles. The van der Waals surface area contributed by atoms with Gasteiger partial charge in [0.05, 0.1) is 24.6 Å². The van der Waals surface area contributed by atoms with E-state index in [0.29, 0.717) is 47.3 Å². The minimum atomic E-state index is -0.872. The zero-order valence-electron chi connectivity index (χ0n) is 24.0. The molecule has 12 nitrogen and oxygen atoms in total. The summed E-state index contributed by atoms with van der Waals surface area (Å²) in [4.78, 5) is 33.2. The number of hydrazone groups is 2. The Bertz CT molecular complexity index is 1490. The van der Waals surface area contributed by atoms with Crippen LogP contribution >= 0.6 is 0 Å². The number of carbonyl (C=O) groups is 2. The van der Waals surface area contributed by atoms with Crippen LogP contribution in [0.5, 0.6) is 11.5 Å². The Labute approximate surface area is 253 Å². The quantitative estimate of drug-likeness (QED) is 0.207. The maximum atomic E-state index is 12.6. The number of ether oxygens (including phenoxy) is 4. The molecule has 2 aromatic heterocycles. The predicted octanol–water partition coefficient (Wildman–Crippen LogP) is 3.94. The van der Waals surface area contributed by atoms with E-state index in [1.165, 1.54) is 0 Å². The number of carbonyl (C=O) groups excluding carboxylic acids is 2. The topological polar surface area (TPSA) is 146 Å². The van der Waals surface area contributed by atoms with Crippen LogP contribution in [0, 0.1) is 0 Å². The van der Waals surface area contributed by atoms with E-state index in [4.69, 9.17) is 18.9 Å². The van der Waals surface area contributed by atoms with Gasteiger partial charge in [0.1, 0.15) is 11.5 Å². The van der Waals surface area contributed by atoms with Crippen molar-refractivity contribution in [1.82, 2.24) is 20.8 Å². The van der Waals surface area contributed by atoms with Gasteiger partial charge in [0, 0.05) is 47.0 Å². The van der Waals surface area contributed by atoms with E-state index in [0.717, 1.165) is 11.1 Å². The number of benzene rings is 2. The number of pyridine rings is 2. The lowest BCUT2D eigenvalue weighted by Crippen LogP contribution is -2.45. The molecule has 3 heterocycles. The largest absolute Gasteiger partial charge is 0.458 e. The highest BCUT2D eigenvalue weighted by atomic mass is 16.8. The zero-order valence-corrected chi connectivity index (χ0v) is 24.0.